The van der Waals surface area contributed by atoms with E-state index >= 15 is 0 Å². The van der Waals surface area contributed by atoms with Gasteiger partial charge < -0.3 is 4.98 Å². The van der Waals surface area contributed by atoms with E-state index in [2.05, 4.69) is 9.97 Å². The van der Waals surface area contributed by atoms with E-state index in [4.69, 9.17) is 23.2 Å². The lowest BCUT2D eigenvalue weighted by atomic mass is 10.1. The zero-order valence-electron chi connectivity index (χ0n) is 9.65. The van der Waals surface area contributed by atoms with Gasteiger partial charge >= 0.3 is 0 Å². The molecule has 0 amide bonds. The van der Waals surface area contributed by atoms with Gasteiger partial charge in [-0.3, -0.25) is 9.78 Å². The number of fused-ring (bicyclic) bond motifs is 1. The van der Waals surface area contributed by atoms with E-state index in [1.807, 2.05) is 12.1 Å². The first kappa shape index (κ1) is 12.2. The number of H-pyrrole nitrogens is 1. The Bertz CT molecular complexity index is 766. The maximum absolute atomic E-state index is 11.4. The Labute approximate surface area is 119 Å². The molecule has 0 bridgehead atoms. The number of benzene rings is 1. The Hall–Kier alpha value is -1.84. The fraction of sp³-hybridized carbons (Fsp3) is 0. The summed E-state index contributed by atoms with van der Waals surface area (Å²) in [5, 5.41) is 1.66. The fourth-order valence-corrected chi connectivity index (χ4v) is 2.72. The molecule has 0 spiro atoms. The van der Waals surface area contributed by atoms with Crippen LogP contribution in [0.25, 0.3) is 22.2 Å². The van der Waals surface area contributed by atoms with Gasteiger partial charge in [0.25, 0.3) is 0 Å². The Kier molecular flexibility index (Phi) is 3.01. The van der Waals surface area contributed by atoms with E-state index in [0.29, 0.717) is 26.7 Å². The second-order valence-electron chi connectivity index (χ2n) is 4.08. The molecule has 1 aromatic carbocycles. The Morgan fingerprint density at radius 2 is 2.11 bits per heavy atom. The SMILES string of the molecule is O=Cc1c(-c2cccnc2)[nH]c2cc(Cl)cc(Cl)c12. The summed E-state index contributed by atoms with van der Waals surface area (Å²) in [5.74, 6) is 0. The van der Waals surface area contributed by atoms with Crippen molar-refractivity contribution in [1.82, 2.24) is 9.97 Å². The molecule has 0 saturated carbocycles. The summed E-state index contributed by atoms with van der Waals surface area (Å²) in [5.41, 5.74) is 2.78. The van der Waals surface area contributed by atoms with Crippen molar-refractivity contribution in [3.63, 3.8) is 0 Å². The van der Waals surface area contributed by atoms with Gasteiger partial charge in [0.1, 0.15) is 0 Å². The predicted molar refractivity (Wildman–Crippen MR) is 76.9 cm³/mol. The van der Waals surface area contributed by atoms with Crippen molar-refractivity contribution in [3.8, 4) is 11.3 Å². The van der Waals surface area contributed by atoms with Crippen LogP contribution < -0.4 is 0 Å². The van der Waals surface area contributed by atoms with Crippen molar-refractivity contribution >= 4 is 40.4 Å². The van der Waals surface area contributed by atoms with Gasteiger partial charge in [0.2, 0.25) is 0 Å². The van der Waals surface area contributed by atoms with Crippen LogP contribution in [0.3, 0.4) is 0 Å². The molecule has 0 radical (unpaired) electrons. The zero-order chi connectivity index (χ0) is 13.4. The molecule has 0 aliphatic rings. The number of nitrogens with zero attached hydrogens (tertiary/aromatic N) is 1. The quantitative estimate of drug-likeness (QED) is 0.713. The molecule has 0 aliphatic carbocycles. The molecule has 94 valence electrons. The van der Waals surface area contributed by atoms with E-state index in [-0.39, 0.29) is 0 Å². The molecule has 3 rings (SSSR count). The minimum absolute atomic E-state index is 0.455. The number of hydrogen-bond donors (Lipinski definition) is 1. The number of halogens is 2. The summed E-state index contributed by atoms with van der Waals surface area (Å²) in [4.78, 5) is 18.6. The van der Waals surface area contributed by atoms with Crippen LogP contribution in [0.15, 0.2) is 36.7 Å². The molecule has 0 fully saturated rings. The monoisotopic (exact) mass is 290 g/mol. The van der Waals surface area contributed by atoms with E-state index in [9.17, 15) is 4.79 Å². The molecule has 3 nitrogen and oxygen atoms in total. The van der Waals surface area contributed by atoms with E-state index in [1.165, 1.54) is 0 Å². The van der Waals surface area contributed by atoms with Crippen LogP contribution >= 0.6 is 23.2 Å². The van der Waals surface area contributed by atoms with Gasteiger partial charge in [-0.15, -0.1) is 0 Å². The van der Waals surface area contributed by atoms with Crippen LogP contribution in [-0.4, -0.2) is 16.3 Å². The van der Waals surface area contributed by atoms with Crippen LogP contribution in [0.4, 0.5) is 0 Å². The molecule has 2 aromatic heterocycles. The number of carbonyl (C=O) groups excluding carboxylic acids is 1. The van der Waals surface area contributed by atoms with Crippen molar-refractivity contribution in [2.75, 3.05) is 0 Å². The Morgan fingerprint density at radius 3 is 2.79 bits per heavy atom. The number of hydrogen-bond acceptors (Lipinski definition) is 2. The summed E-state index contributed by atoms with van der Waals surface area (Å²) in [6.45, 7) is 0. The topological polar surface area (TPSA) is 45.8 Å². The third kappa shape index (κ3) is 2.01. The maximum Gasteiger partial charge on any atom is 0.152 e. The number of nitrogens with one attached hydrogen (secondary N) is 1. The van der Waals surface area contributed by atoms with Gasteiger partial charge in [0, 0.05) is 39.4 Å². The summed E-state index contributed by atoms with van der Waals surface area (Å²) in [7, 11) is 0. The largest absolute Gasteiger partial charge is 0.354 e. The smallest absolute Gasteiger partial charge is 0.152 e. The van der Waals surface area contributed by atoms with Gasteiger partial charge in [0.05, 0.1) is 10.7 Å². The molecular formula is C14H8Cl2N2O. The number of aromatic amines is 1. The van der Waals surface area contributed by atoms with Crippen molar-refractivity contribution in [2.24, 2.45) is 0 Å². The van der Waals surface area contributed by atoms with Crippen molar-refractivity contribution in [2.45, 2.75) is 0 Å². The second kappa shape index (κ2) is 4.68. The first-order valence-corrected chi connectivity index (χ1v) is 6.32. The highest BCUT2D eigenvalue weighted by Gasteiger charge is 2.15. The van der Waals surface area contributed by atoms with E-state index in [1.54, 1.807) is 24.5 Å². The lowest BCUT2D eigenvalue weighted by Gasteiger charge is -1.98. The normalized spacial score (nSPS) is 10.8. The molecule has 19 heavy (non-hydrogen) atoms. The molecule has 2 heterocycles. The standard InChI is InChI=1S/C14H8Cl2N2O/c15-9-4-11(16)13-10(7-19)14(18-12(13)5-9)8-2-1-3-17-6-8/h1-7,18H. The number of aldehydes is 1. The highest BCUT2D eigenvalue weighted by molar-refractivity contribution is 6.39. The predicted octanol–water partition coefficient (Wildman–Crippen LogP) is 4.35. The number of aromatic nitrogens is 2. The lowest BCUT2D eigenvalue weighted by Crippen LogP contribution is -1.85. The molecule has 0 saturated heterocycles. The average Bonchev–Trinajstić information content (AvgIpc) is 2.78. The summed E-state index contributed by atoms with van der Waals surface area (Å²) >= 11 is 12.1. The maximum atomic E-state index is 11.4. The van der Waals surface area contributed by atoms with Crippen LogP contribution in [0.1, 0.15) is 10.4 Å². The molecule has 0 unspecified atom stereocenters. The summed E-state index contributed by atoms with van der Waals surface area (Å²) in [6, 6.07) is 7.05. The number of pyridine rings is 1. The van der Waals surface area contributed by atoms with Gasteiger partial charge in [-0.1, -0.05) is 23.2 Å². The van der Waals surface area contributed by atoms with Gasteiger partial charge in [-0.05, 0) is 24.3 Å². The summed E-state index contributed by atoms with van der Waals surface area (Å²) < 4.78 is 0. The second-order valence-corrected chi connectivity index (χ2v) is 4.93. The summed E-state index contributed by atoms with van der Waals surface area (Å²) in [6.07, 6.45) is 4.16. The Morgan fingerprint density at radius 1 is 1.26 bits per heavy atom. The fourth-order valence-electron chi connectivity index (χ4n) is 2.13. The average molecular weight is 291 g/mol. The third-order valence-corrected chi connectivity index (χ3v) is 3.44. The van der Waals surface area contributed by atoms with Crippen molar-refractivity contribution < 1.29 is 4.79 Å². The van der Waals surface area contributed by atoms with Crippen molar-refractivity contribution in [3.05, 3.63) is 52.3 Å². The van der Waals surface area contributed by atoms with E-state index < -0.39 is 0 Å². The van der Waals surface area contributed by atoms with Gasteiger partial charge in [-0.2, -0.15) is 0 Å². The molecular weight excluding hydrogens is 283 g/mol. The molecule has 0 atom stereocenters. The van der Waals surface area contributed by atoms with Crippen LogP contribution in [-0.2, 0) is 0 Å². The first-order valence-electron chi connectivity index (χ1n) is 5.57. The highest BCUT2D eigenvalue weighted by atomic mass is 35.5. The third-order valence-electron chi connectivity index (χ3n) is 2.92. The van der Waals surface area contributed by atoms with Crippen LogP contribution in [0.2, 0.25) is 10.0 Å². The number of carbonyl (C=O) groups is 1. The molecule has 0 aliphatic heterocycles. The van der Waals surface area contributed by atoms with E-state index in [0.717, 1.165) is 17.4 Å². The van der Waals surface area contributed by atoms with Gasteiger partial charge in [-0.25, -0.2) is 0 Å². The minimum atomic E-state index is 0.455. The molecule has 1 N–H and O–H groups in total. The zero-order valence-corrected chi connectivity index (χ0v) is 11.2. The van der Waals surface area contributed by atoms with Crippen molar-refractivity contribution in [1.29, 1.82) is 0 Å². The van der Waals surface area contributed by atoms with Gasteiger partial charge in [0.15, 0.2) is 6.29 Å². The van der Waals surface area contributed by atoms with Crippen LogP contribution in [0, 0.1) is 0 Å². The lowest BCUT2D eigenvalue weighted by molar-refractivity contribution is 0.112. The van der Waals surface area contributed by atoms with Crippen LogP contribution in [0.5, 0.6) is 0 Å². The first-order chi connectivity index (χ1) is 9.20. The minimum Gasteiger partial charge on any atom is -0.354 e. The number of rotatable bonds is 2. The highest BCUT2D eigenvalue weighted by Crippen LogP contribution is 2.35. The Balaban J connectivity index is 2.38. The molecule has 5 heteroatoms. The molecule has 3 aromatic rings.